The van der Waals surface area contributed by atoms with Gasteiger partial charge in [0.1, 0.15) is 5.75 Å². The van der Waals surface area contributed by atoms with Gasteiger partial charge in [-0.25, -0.2) is 21.8 Å². The smallest absolute Gasteiger partial charge is 0.123 e. The van der Waals surface area contributed by atoms with Gasteiger partial charge in [-0.15, -0.1) is 0 Å². The molecule has 0 spiro atoms. The van der Waals surface area contributed by atoms with Crippen LogP contribution in [0.2, 0.25) is 0 Å². The molecule has 2 atom stereocenters. The van der Waals surface area contributed by atoms with E-state index in [1.54, 1.807) is 0 Å². The molecule has 0 amide bonds. The van der Waals surface area contributed by atoms with E-state index in [1.165, 1.54) is 245 Å². The lowest BCUT2D eigenvalue weighted by atomic mass is 10.00. The van der Waals surface area contributed by atoms with Crippen LogP contribution in [0.4, 0.5) is 0 Å². The SMILES string of the molecule is CCCCCCCCCCCC[SH](CCCC)Cc1cc(CCCCCCCCC)cc(C[SH](CCCC)CCCCCCCCCCCC)c1O. The topological polar surface area (TPSA) is 20.2 Å². The van der Waals surface area contributed by atoms with Crippen LogP contribution in [0.5, 0.6) is 5.75 Å². The van der Waals surface area contributed by atoms with Gasteiger partial charge in [0, 0.05) is 22.6 Å². The summed E-state index contributed by atoms with van der Waals surface area (Å²) in [5.74, 6) is 8.62. The molecule has 1 N–H and O–H groups in total. The van der Waals surface area contributed by atoms with Crippen LogP contribution in [-0.2, 0) is 17.9 Å². The van der Waals surface area contributed by atoms with Gasteiger partial charge in [-0.2, -0.15) is 0 Å². The summed E-state index contributed by atoms with van der Waals surface area (Å²) in [4.78, 5) is 0. The number of aromatic hydroxyl groups is 1. The van der Waals surface area contributed by atoms with Crippen LogP contribution >= 0.6 is 21.8 Å². The third-order valence-corrected chi connectivity index (χ3v) is 16.9. The van der Waals surface area contributed by atoms with Crippen molar-refractivity contribution in [2.75, 3.05) is 23.0 Å². The number of benzene rings is 1. The van der Waals surface area contributed by atoms with Crippen molar-refractivity contribution in [2.45, 2.75) is 252 Å². The van der Waals surface area contributed by atoms with Crippen LogP contribution in [0, 0.1) is 0 Å². The number of thiol groups is 2. The molecule has 2 unspecified atom stereocenters. The largest absolute Gasteiger partial charge is 0.507 e. The summed E-state index contributed by atoms with van der Waals surface area (Å²) in [6.45, 7) is 11.7. The Hall–Kier alpha value is -0.280. The first kappa shape index (κ1) is 49.7. The van der Waals surface area contributed by atoms with Crippen molar-refractivity contribution >= 4 is 21.8 Å². The van der Waals surface area contributed by atoms with Crippen molar-refractivity contribution in [2.24, 2.45) is 0 Å². The van der Waals surface area contributed by atoms with E-state index in [0.717, 1.165) is 11.5 Å². The maximum atomic E-state index is 12.0. The second-order valence-corrected chi connectivity index (χ2v) is 21.9. The van der Waals surface area contributed by atoms with E-state index in [4.69, 9.17) is 0 Å². The van der Waals surface area contributed by atoms with Gasteiger partial charge < -0.3 is 5.11 Å². The highest BCUT2D eigenvalue weighted by Gasteiger charge is 2.16. The maximum absolute atomic E-state index is 12.0. The summed E-state index contributed by atoms with van der Waals surface area (Å²) < 4.78 is 0. The lowest BCUT2D eigenvalue weighted by Crippen LogP contribution is -2.04. The Labute approximate surface area is 334 Å². The molecule has 1 nitrogen and oxygen atoms in total. The Morgan fingerprint density at radius 3 is 0.942 bits per heavy atom. The number of aryl methyl sites for hydroxylation is 1. The molecule has 0 saturated heterocycles. The molecule has 0 radical (unpaired) electrons. The van der Waals surface area contributed by atoms with Crippen LogP contribution in [0.25, 0.3) is 0 Å². The number of phenols is 1. The van der Waals surface area contributed by atoms with Crippen LogP contribution in [-0.4, -0.2) is 28.1 Å². The summed E-state index contributed by atoms with van der Waals surface area (Å²) in [7, 11) is -0.0985. The molecule has 0 bridgehead atoms. The third-order valence-electron chi connectivity index (χ3n) is 11.5. The number of phenolic OH excluding ortho intramolecular Hbond substituents is 1. The predicted octanol–water partition coefficient (Wildman–Crippen LogP) is 17.1. The maximum Gasteiger partial charge on any atom is 0.123 e. The Kier molecular flexibility index (Phi) is 36.0. The zero-order chi connectivity index (χ0) is 37.7. The highest BCUT2D eigenvalue weighted by atomic mass is 32.2. The summed E-state index contributed by atoms with van der Waals surface area (Å²) in [5.41, 5.74) is 4.19. The fraction of sp³-hybridized carbons (Fsp3) is 0.878. The first-order valence-corrected chi connectivity index (χ1v) is 27.7. The van der Waals surface area contributed by atoms with Crippen LogP contribution in [0.3, 0.4) is 0 Å². The summed E-state index contributed by atoms with van der Waals surface area (Å²) in [6.07, 6.45) is 44.5. The minimum Gasteiger partial charge on any atom is -0.507 e. The molecule has 0 aliphatic rings. The number of rotatable bonds is 40. The van der Waals surface area contributed by atoms with Gasteiger partial charge in [0.15, 0.2) is 0 Å². The second-order valence-electron chi connectivity index (χ2n) is 16.8. The first-order chi connectivity index (χ1) is 25.6. The van der Waals surface area contributed by atoms with Gasteiger partial charge in [-0.05, 0) is 67.1 Å². The van der Waals surface area contributed by atoms with Crippen molar-refractivity contribution in [1.29, 1.82) is 0 Å². The Balaban J connectivity index is 2.89. The normalized spacial score (nSPS) is 13.6. The van der Waals surface area contributed by atoms with E-state index < -0.39 is 0 Å². The van der Waals surface area contributed by atoms with Crippen molar-refractivity contribution < 1.29 is 5.11 Å². The van der Waals surface area contributed by atoms with Gasteiger partial charge >= 0.3 is 0 Å². The molecule has 0 aliphatic heterocycles. The lowest BCUT2D eigenvalue weighted by molar-refractivity contribution is 0.465. The highest BCUT2D eigenvalue weighted by Crippen LogP contribution is 2.42. The monoisotopic (exact) mass is 765 g/mol. The summed E-state index contributed by atoms with van der Waals surface area (Å²) >= 11 is 0. The highest BCUT2D eigenvalue weighted by molar-refractivity contribution is 8.16. The van der Waals surface area contributed by atoms with Crippen molar-refractivity contribution in [3.05, 3.63) is 28.8 Å². The van der Waals surface area contributed by atoms with Gasteiger partial charge in [0.2, 0.25) is 0 Å². The molecule has 1 rings (SSSR count). The molecule has 0 saturated carbocycles. The molecular weight excluding hydrogens is 669 g/mol. The molecule has 52 heavy (non-hydrogen) atoms. The molecule has 0 fully saturated rings. The standard InChI is InChI=1S/C49H96OS2/c1-6-11-16-19-22-24-26-29-32-35-40-51(38-14-9-4)44-47-42-46(37-34-31-28-21-18-13-8-3)43-48(49(47)50)45-52(39-15-10-5)41-36-33-30-27-25-23-20-17-12-7-2/h42-43,50-52H,6-41,44-45H2,1-5H3. The Morgan fingerprint density at radius 2 is 0.615 bits per heavy atom. The average Bonchev–Trinajstić information content (AvgIpc) is 3.15. The Bertz CT molecular complexity index is 825. The van der Waals surface area contributed by atoms with Gasteiger partial charge in [0.25, 0.3) is 0 Å². The Morgan fingerprint density at radius 1 is 0.346 bits per heavy atom. The fourth-order valence-electron chi connectivity index (χ4n) is 7.93. The van der Waals surface area contributed by atoms with Gasteiger partial charge in [0.05, 0.1) is 0 Å². The van der Waals surface area contributed by atoms with E-state index in [1.807, 2.05) is 0 Å². The minimum atomic E-state index is -0.0492. The quantitative estimate of drug-likeness (QED) is 0.0449. The molecule has 0 aliphatic carbocycles. The molecule has 1 aromatic carbocycles. The zero-order valence-electron chi connectivity index (χ0n) is 36.4. The number of unbranched alkanes of at least 4 members (excludes halogenated alkanes) is 26. The van der Waals surface area contributed by atoms with E-state index in [0.29, 0.717) is 5.75 Å². The summed E-state index contributed by atoms with van der Waals surface area (Å²) in [5, 5.41) is 12.0. The van der Waals surface area contributed by atoms with Gasteiger partial charge in [-0.1, -0.05) is 214 Å². The van der Waals surface area contributed by atoms with E-state index >= 15 is 0 Å². The number of hydrogen-bond acceptors (Lipinski definition) is 1. The lowest BCUT2D eigenvalue weighted by Gasteiger charge is -2.26. The van der Waals surface area contributed by atoms with Crippen molar-refractivity contribution in [3.63, 3.8) is 0 Å². The fourth-order valence-corrected chi connectivity index (χ4v) is 13.3. The number of hydrogen-bond donors (Lipinski definition) is 3. The van der Waals surface area contributed by atoms with Crippen molar-refractivity contribution in [1.82, 2.24) is 0 Å². The third kappa shape index (κ3) is 28.2. The second kappa shape index (κ2) is 37.6. The van der Waals surface area contributed by atoms with E-state index in [9.17, 15) is 5.11 Å². The predicted molar refractivity (Wildman–Crippen MR) is 248 cm³/mol. The van der Waals surface area contributed by atoms with E-state index in [2.05, 4.69) is 46.8 Å². The molecule has 0 heterocycles. The zero-order valence-corrected chi connectivity index (χ0v) is 38.2. The first-order valence-electron chi connectivity index (χ1n) is 23.9. The van der Waals surface area contributed by atoms with Crippen molar-refractivity contribution in [3.8, 4) is 5.75 Å². The summed E-state index contributed by atoms with van der Waals surface area (Å²) in [6, 6.07) is 4.96. The van der Waals surface area contributed by atoms with E-state index in [-0.39, 0.29) is 21.8 Å². The van der Waals surface area contributed by atoms with Crippen LogP contribution < -0.4 is 0 Å². The van der Waals surface area contributed by atoms with Crippen LogP contribution in [0.15, 0.2) is 12.1 Å². The molecule has 310 valence electrons. The molecule has 1 aromatic rings. The van der Waals surface area contributed by atoms with Gasteiger partial charge in [-0.3, -0.25) is 0 Å². The van der Waals surface area contributed by atoms with Crippen LogP contribution in [0.1, 0.15) is 250 Å². The molecule has 0 aromatic heterocycles. The minimum absolute atomic E-state index is 0.0492. The molecular formula is C49H96OS2. The molecule has 3 heteroatoms. The average molecular weight is 765 g/mol.